The summed E-state index contributed by atoms with van der Waals surface area (Å²) in [6.07, 6.45) is 0. The predicted molar refractivity (Wildman–Crippen MR) is 52.1 cm³/mol. The lowest BCUT2D eigenvalue weighted by molar-refractivity contribution is 0.514. The maximum absolute atomic E-state index is 8.33. The summed E-state index contributed by atoms with van der Waals surface area (Å²) in [6, 6.07) is 9.20. The van der Waals surface area contributed by atoms with Crippen LogP contribution < -0.4 is 4.52 Å². The fraction of sp³-hybridized carbons (Fsp3) is 0. The molecule has 0 aliphatic heterocycles. The molecule has 64 valence electrons. The standard InChI is InChI=1S/C6H7O2P.2ClH/c7-9-8-6-4-2-1-3-5-6;;/h1-5,7,9H;2*1H. The van der Waals surface area contributed by atoms with Crippen molar-refractivity contribution in [3.05, 3.63) is 30.3 Å². The van der Waals surface area contributed by atoms with Gasteiger partial charge in [0.2, 0.25) is 9.03 Å². The van der Waals surface area contributed by atoms with E-state index in [0.29, 0.717) is 5.75 Å². The molecule has 11 heavy (non-hydrogen) atoms. The second-order valence-corrected chi connectivity index (χ2v) is 1.89. The molecule has 0 fully saturated rings. The number of para-hydroxylation sites is 1. The molecule has 0 bridgehead atoms. The molecule has 0 radical (unpaired) electrons. The molecule has 0 spiro atoms. The monoisotopic (exact) mass is 214 g/mol. The van der Waals surface area contributed by atoms with Crippen molar-refractivity contribution >= 4 is 33.8 Å². The van der Waals surface area contributed by atoms with Gasteiger partial charge >= 0.3 is 0 Å². The van der Waals surface area contributed by atoms with E-state index < -0.39 is 9.03 Å². The van der Waals surface area contributed by atoms with Crippen LogP contribution in [0.4, 0.5) is 0 Å². The molecule has 1 aromatic carbocycles. The molecule has 5 heteroatoms. The van der Waals surface area contributed by atoms with E-state index in [1.54, 1.807) is 12.1 Å². The van der Waals surface area contributed by atoms with Crippen molar-refractivity contribution < 1.29 is 9.42 Å². The van der Waals surface area contributed by atoms with Gasteiger partial charge in [0.05, 0.1) is 0 Å². The fourth-order valence-corrected chi connectivity index (χ4v) is 0.783. The Morgan fingerprint density at radius 3 is 2.09 bits per heavy atom. The number of rotatable bonds is 2. The van der Waals surface area contributed by atoms with E-state index in [9.17, 15) is 0 Å². The van der Waals surface area contributed by atoms with Crippen molar-refractivity contribution in [2.45, 2.75) is 0 Å². The van der Waals surface area contributed by atoms with Gasteiger partial charge in [-0.2, -0.15) is 0 Å². The average molecular weight is 215 g/mol. The van der Waals surface area contributed by atoms with Crippen molar-refractivity contribution in [2.24, 2.45) is 0 Å². The zero-order valence-corrected chi connectivity index (χ0v) is 8.19. The van der Waals surface area contributed by atoms with Crippen molar-refractivity contribution in [2.75, 3.05) is 0 Å². The largest absolute Gasteiger partial charge is 0.450 e. The molecule has 1 atom stereocenters. The molecule has 1 N–H and O–H groups in total. The van der Waals surface area contributed by atoms with Gasteiger partial charge in [0.15, 0.2) is 0 Å². The summed E-state index contributed by atoms with van der Waals surface area (Å²) >= 11 is 0. The molecule has 0 aromatic heterocycles. The Morgan fingerprint density at radius 1 is 1.09 bits per heavy atom. The average Bonchev–Trinajstić information content (AvgIpc) is 1.91. The summed E-state index contributed by atoms with van der Waals surface area (Å²) in [5.41, 5.74) is 0. The SMILES string of the molecule is Cl.Cl.OPOc1ccccc1. The normalized spacial score (nSPS) is 8.45. The van der Waals surface area contributed by atoms with E-state index in [0.717, 1.165) is 0 Å². The highest BCUT2D eigenvalue weighted by molar-refractivity contribution is 7.25. The first-order valence-electron chi connectivity index (χ1n) is 2.54. The van der Waals surface area contributed by atoms with Crippen LogP contribution in [0.2, 0.25) is 0 Å². The summed E-state index contributed by atoms with van der Waals surface area (Å²) in [5, 5.41) is 0. The highest BCUT2D eigenvalue weighted by Gasteiger charge is 1.85. The van der Waals surface area contributed by atoms with Gasteiger partial charge in [-0.3, -0.25) is 0 Å². The summed E-state index contributed by atoms with van der Waals surface area (Å²) in [5.74, 6) is 0.707. The van der Waals surface area contributed by atoms with Crippen LogP contribution in [0.25, 0.3) is 0 Å². The van der Waals surface area contributed by atoms with E-state index in [2.05, 4.69) is 0 Å². The van der Waals surface area contributed by atoms with Gasteiger partial charge < -0.3 is 9.42 Å². The quantitative estimate of drug-likeness (QED) is 0.767. The predicted octanol–water partition coefficient (Wildman–Crippen LogP) is 2.41. The molecule has 1 rings (SSSR count). The molecule has 1 unspecified atom stereocenters. The number of hydrogen-bond acceptors (Lipinski definition) is 2. The second kappa shape index (κ2) is 8.09. The first-order chi connectivity index (χ1) is 4.43. The van der Waals surface area contributed by atoms with E-state index in [4.69, 9.17) is 9.42 Å². The highest BCUT2D eigenvalue weighted by atomic mass is 35.5. The van der Waals surface area contributed by atoms with Crippen LogP contribution in [0, 0.1) is 0 Å². The lowest BCUT2D eigenvalue weighted by atomic mass is 10.3. The number of hydrogen-bond donors (Lipinski definition) is 1. The van der Waals surface area contributed by atoms with E-state index in [-0.39, 0.29) is 24.8 Å². The minimum absolute atomic E-state index is 0. The molecule has 0 saturated heterocycles. The lowest BCUT2D eigenvalue weighted by Gasteiger charge is -1.97. The summed E-state index contributed by atoms with van der Waals surface area (Å²) in [7, 11) is -0.465. The molecule has 2 nitrogen and oxygen atoms in total. The molecule has 0 amide bonds. The van der Waals surface area contributed by atoms with Crippen molar-refractivity contribution in [3.8, 4) is 5.75 Å². The summed E-state index contributed by atoms with van der Waals surface area (Å²) in [6.45, 7) is 0. The first kappa shape index (κ1) is 13.6. The Hall–Kier alpha value is -0.0100. The zero-order chi connectivity index (χ0) is 6.53. The van der Waals surface area contributed by atoms with Gasteiger partial charge in [-0.15, -0.1) is 24.8 Å². The third kappa shape index (κ3) is 5.28. The van der Waals surface area contributed by atoms with E-state index in [1.807, 2.05) is 18.2 Å². The highest BCUT2D eigenvalue weighted by Crippen LogP contribution is 2.15. The smallest absolute Gasteiger partial charge is 0.212 e. The summed E-state index contributed by atoms with van der Waals surface area (Å²) in [4.78, 5) is 8.33. The molecular formula is C6H9Cl2O2P. The summed E-state index contributed by atoms with van der Waals surface area (Å²) < 4.78 is 4.79. The molecule has 1 aromatic rings. The van der Waals surface area contributed by atoms with Crippen molar-refractivity contribution in [3.63, 3.8) is 0 Å². The Balaban J connectivity index is 0. The maximum atomic E-state index is 8.33. The molecule has 0 aliphatic rings. The number of benzene rings is 1. The van der Waals surface area contributed by atoms with Gasteiger partial charge in [0, 0.05) is 0 Å². The molecule has 0 aliphatic carbocycles. The van der Waals surface area contributed by atoms with Gasteiger partial charge in [-0.1, -0.05) is 18.2 Å². The Labute approximate surface area is 79.7 Å². The van der Waals surface area contributed by atoms with E-state index in [1.165, 1.54) is 0 Å². The van der Waals surface area contributed by atoms with Crippen LogP contribution in [-0.2, 0) is 0 Å². The van der Waals surface area contributed by atoms with Crippen LogP contribution in [0.1, 0.15) is 0 Å². The Kier molecular flexibility index (Phi) is 9.98. The second-order valence-electron chi connectivity index (χ2n) is 1.51. The Bertz CT molecular complexity index is 171. The van der Waals surface area contributed by atoms with Crippen LogP contribution in [0.5, 0.6) is 5.75 Å². The minimum atomic E-state index is -0.465. The molecule has 0 heterocycles. The molecular weight excluding hydrogens is 206 g/mol. The minimum Gasteiger partial charge on any atom is -0.450 e. The zero-order valence-electron chi connectivity index (χ0n) is 5.56. The third-order valence-electron chi connectivity index (χ3n) is 0.907. The Morgan fingerprint density at radius 2 is 1.64 bits per heavy atom. The third-order valence-corrected chi connectivity index (χ3v) is 1.23. The topological polar surface area (TPSA) is 29.5 Å². The van der Waals surface area contributed by atoms with Gasteiger partial charge in [0.25, 0.3) is 0 Å². The lowest BCUT2D eigenvalue weighted by Crippen LogP contribution is -1.73. The van der Waals surface area contributed by atoms with Crippen LogP contribution in [-0.4, -0.2) is 4.89 Å². The molecule has 0 saturated carbocycles. The van der Waals surface area contributed by atoms with Crippen LogP contribution in [0.15, 0.2) is 30.3 Å². The van der Waals surface area contributed by atoms with Gasteiger partial charge in [-0.05, 0) is 12.1 Å². The number of halogens is 2. The van der Waals surface area contributed by atoms with Crippen LogP contribution in [0.3, 0.4) is 0 Å². The van der Waals surface area contributed by atoms with Gasteiger partial charge in [-0.25, -0.2) is 0 Å². The van der Waals surface area contributed by atoms with Gasteiger partial charge in [0.1, 0.15) is 5.75 Å². The maximum Gasteiger partial charge on any atom is 0.212 e. The van der Waals surface area contributed by atoms with E-state index >= 15 is 0 Å². The fourth-order valence-electron chi connectivity index (χ4n) is 0.541. The first-order valence-corrected chi connectivity index (χ1v) is 3.40. The van der Waals surface area contributed by atoms with Crippen LogP contribution >= 0.6 is 33.8 Å². The van der Waals surface area contributed by atoms with Crippen molar-refractivity contribution in [1.82, 2.24) is 0 Å². The van der Waals surface area contributed by atoms with Crippen molar-refractivity contribution in [1.29, 1.82) is 0 Å².